The van der Waals surface area contributed by atoms with E-state index in [1.54, 1.807) is 18.2 Å². The highest BCUT2D eigenvalue weighted by Gasteiger charge is 2.33. The summed E-state index contributed by atoms with van der Waals surface area (Å²) in [6, 6.07) is 7.63. The Morgan fingerprint density at radius 1 is 1.21 bits per heavy atom. The Kier molecular flexibility index (Phi) is 5.95. The van der Waals surface area contributed by atoms with Crippen LogP contribution in [0.1, 0.15) is 54.0 Å². The second-order valence-electron chi connectivity index (χ2n) is 7.63. The summed E-state index contributed by atoms with van der Waals surface area (Å²) in [6.07, 6.45) is 2.53. The van der Waals surface area contributed by atoms with Gasteiger partial charge in [0.25, 0.3) is 5.91 Å². The van der Waals surface area contributed by atoms with Crippen molar-refractivity contribution in [2.75, 3.05) is 18.4 Å². The van der Waals surface area contributed by atoms with Gasteiger partial charge in [-0.05, 0) is 56.2 Å². The fourth-order valence-electron chi connectivity index (χ4n) is 3.84. The van der Waals surface area contributed by atoms with Gasteiger partial charge in [-0.2, -0.15) is 4.31 Å². The molecule has 28 heavy (non-hydrogen) atoms. The smallest absolute Gasteiger partial charge is 0.272 e. The molecule has 0 saturated carbocycles. The van der Waals surface area contributed by atoms with Crippen molar-refractivity contribution in [2.45, 2.75) is 51.9 Å². The summed E-state index contributed by atoms with van der Waals surface area (Å²) in [5.41, 5.74) is 3.06. The van der Waals surface area contributed by atoms with E-state index in [1.165, 1.54) is 0 Å². The average molecular weight is 404 g/mol. The van der Waals surface area contributed by atoms with Crippen LogP contribution in [0.3, 0.4) is 0 Å². The Morgan fingerprint density at radius 2 is 1.86 bits per heavy atom. The van der Waals surface area contributed by atoms with Crippen LogP contribution >= 0.6 is 0 Å². The lowest BCUT2D eigenvalue weighted by Crippen LogP contribution is -2.38. The zero-order valence-corrected chi connectivity index (χ0v) is 17.8. The summed E-state index contributed by atoms with van der Waals surface area (Å²) in [5.74, 6) is 0.218. The molecule has 0 bridgehead atoms. The van der Waals surface area contributed by atoms with Crippen LogP contribution in [0.5, 0.6) is 0 Å². The molecule has 0 radical (unpaired) electrons. The normalized spacial score (nSPS) is 16.3. The van der Waals surface area contributed by atoms with Gasteiger partial charge in [0.2, 0.25) is 10.0 Å². The second kappa shape index (κ2) is 8.09. The Morgan fingerprint density at radius 3 is 2.50 bits per heavy atom. The number of amides is 1. The molecule has 1 aliphatic heterocycles. The minimum atomic E-state index is -3.62. The standard InChI is InChI=1S/C21H29N3O3S/c1-5-17-8-6-7-9-18(17)23-21(25)19-15(3)20(16(4)22-19)28(26,27)24-12-10-14(2)11-13-24/h6-9,14,22H,5,10-13H2,1-4H3,(H,23,25). The molecule has 2 aromatic rings. The number of aromatic nitrogens is 1. The molecule has 3 rings (SSSR count). The number of carbonyl (C=O) groups is 1. The van der Waals surface area contributed by atoms with Crippen molar-refractivity contribution in [1.82, 2.24) is 9.29 Å². The van der Waals surface area contributed by atoms with E-state index in [9.17, 15) is 13.2 Å². The number of carbonyl (C=O) groups excluding carboxylic acids is 1. The summed E-state index contributed by atoms with van der Waals surface area (Å²) in [7, 11) is -3.62. The first-order chi connectivity index (χ1) is 13.3. The van der Waals surface area contributed by atoms with Crippen LogP contribution in [0.4, 0.5) is 5.69 Å². The van der Waals surface area contributed by atoms with Gasteiger partial charge < -0.3 is 10.3 Å². The van der Waals surface area contributed by atoms with Gasteiger partial charge in [0.1, 0.15) is 10.6 Å². The molecular formula is C21H29N3O3S. The topological polar surface area (TPSA) is 82.3 Å². The van der Waals surface area contributed by atoms with Crippen molar-refractivity contribution < 1.29 is 13.2 Å². The van der Waals surface area contributed by atoms with Gasteiger partial charge in [0.15, 0.2) is 0 Å². The number of aryl methyl sites for hydroxylation is 2. The minimum Gasteiger partial charge on any atom is -0.353 e. The van der Waals surface area contributed by atoms with Crippen molar-refractivity contribution in [1.29, 1.82) is 0 Å². The molecule has 0 atom stereocenters. The molecular weight excluding hydrogens is 374 g/mol. The van der Waals surface area contributed by atoms with Crippen molar-refractivity contribution >= 4 is 21.6 Å². The van der Waals surface area contributed by atoms with Crippen molar-refractivity contribution in [2.24, 2.45) is 5.92 Å². The summed E-state index contributed by atoms with van der Waals surface area (Å²) in [4.78, 5) is 16.1. The SMILES string of the molecule is CCc1ccccc1NC(=O)c1[nH]c(C)c(S(=O)(=O)N2CCC(C)CC2)c1C. The molecule has 1 aromatic carbocycles. The van der Waals surface area contributed by atoms with Crippen molar-refractivity contribution in [3.05, 3.63) is 46.8 Å². The fraction of sp³-hybridized carbons (Fsp3) is 0.476. The Balaban J connectivity index is 1.90. The Bertz CT molecular complexity index is 971. The number of H-pyrrole nitrogens is 1. The maximum atomic E-state index is 13.2. The van der Waals surface area contributed by atoms with E-state index >= 15 is 0 Å². The molecule has 1 aliphatic rings. The Hall–Kier alpha value is -2.12. The van der Waals surface area contributed by atoms with Crippen LogP contribution < -0.4 is 5.32 Å². The third kappa shape index (κ3) is 3.86. The number of aromatic amines is 1. The molecule has 2 heterocycles. The van der Waals surface area contributed by atoms with E-state index in [0.717, 1.165) is 30.5 Å². The summed E-state index contributed by atoms with van der Waals surface area (Å²) >= 11 is 0. The number of rotatable bonds is 5. The number of piperidine rings is 1. The van der Waals surface area contributed by atoms with Crippen LogP contribution in [0, 0.1) is 19.8 Å². The monoisotopic (exact) mass is 403 g/mol. The maximum Gasteiger partial charge on any atom is 0.272 e. The zero-order chi connectivity index (χ0) is 20.5. The maximum absolute atomic E-state index is 13.2. The highest BCUT2D eigenvalue weighted by molar-refractivity contribution is 7.89. The van der Waals surface area contributed by atoms with Crippen LogP contribution in [-0.4, -0.2) is 36.7 Å². The van der Waals surface area contributed by atoms with Gasteiger partial charge in [-0.25, -0.2) is 8.42 Å². The van der Waals surface area contributed by atoms with Crippen LogP contribution in [0.15, 0.2) is 29.2 Å². The van der Waals surface area contributed by atoms with Gasteiger partial charge in [0.05, 0.1) is 0 Å². The van der Waals surface area contributed by atoms with E-state index in [1.807, 2.05) is 31.2 Å². The first-order valence-electron chi connectivity index (χ1n) is 9.84. The molecule has 6 nitrogen and oxygen atoms in total. The van der Waals surface area contributed by atoms with Gasteiger partial charge >= 0.3 is 0 Å². The molecule has 0 unspecified atom stereocenters. The van der Waals surface area contributed by atoms with Crippen molar-refractivity contribution in [3.8, 4) is 0 Å². The summed E-state index contributed by atoms with van der Waals surface area (Å²) in [5, 5.41) is 2.92. The fourth-order valence-corrected chi connectivity index (χ4v) is 5.71. The number of sulfonamides is 1. The first-order valence-corrected chi connectivity index (χ1v) is 11.3. The van der Waals surface area contributed by atoms with Gasteiger partial charge in [-0.15, -0.1) is 0 Å². The van der Waals surface area contributed by atoms with Gasteiger partial charge in [-0.3, -0.25) is 4.79 Å². The third-order valence-electron chi connectivity index (χ3n) is 5.58. The summed E-state index contributed by atoms with van der Waals surface area (Å²) in [6.45, 7) is 8.64. The van der Waals surface area contributed by atoms with Crippen LogP contribution in [-0.2, 0) is 16.4 Å². The number of para-hydroxylation sites is 1. The molecule has 0 spiro atoms. The lowest BCUT2D eigenvalue weighted by atomic mass is 10.0. The summed E-state index contributed by atoms with van der Waals surface area (Å²) < 4.78 is 28.0. The van der Waals surface area contributed by atoms with Crippen LogP contribution in [0.25, 0.3) is 0 Å². The largest absolute Gasteiger partial charge is 0.353 e. The number of nitrogens with zero attached hydrogens (tertiary/aromatic N) is 1. The zero-order valence-electron chi connectivity index (χ0n) is 17.0. The molecule has 1 aromatic heterocycles. The lowest BCUT2D eigenvalue weighted by molar-refractivity contribution is 0.102. The van der Waals surface area contributed by atoms with Gasteiger partial charge in [0, 0.05) is 24.5 Å². The number of hydrogen-bond acceptors (Lipinski definition) is 3. The second-order valence-corrected chi connectivity index (χ2v) is 9.51. The highest BCUT2D eigenvalue weighted by Crippen LogP contribution is 2.30. The molecule has 0 aliphatic carbocycles. The molecule has 1 amide bonds. The van der Waals surface area contributed by atoms with E-state index in [0.29, 0.717) is 36.0 Å². The van der Waals surface area contributed by atoms with E-state index in [4.69, 9.17) is 0 Å². The third-order valence-corrected chi connectivity index (χ3v) is 7.76. The van der Waals surface area contributed by atoms with Crippen LogP contribution in [0.2, 0.25) is 0 Å². The number of anilines is 1. The number of nitrogens with one attached hydrogen (secondary N) is 2. The van der Waals surface area contributed by atoms with Gasteiger partial charge in [-0.1, -0.05) is 32.0 Å². The predicted octanol–water partition coefficient (Wildman–Crippen LogP) is 3.87. The molecule has 1 saturated heterocycles. The van der Waals surface area contributed by atoms with E-state index in [-0.39, 0.29) is 10.8 Å². The van der Waals surface area contributed by atoms with E-state index < -0.39 is 10.0 Å². The molecule has 7 heteroatoms. The average Bonchev–Trinajstić information content (AvgIpc) is 2.97. The molecule has 2 N–H and O–H groups in total. The minimum absolute atomic E-state index is 0.232. The first kappa shape index (κ1) is 20.6. The predicted molar refractivity (Wildman–Crippen MR) is 111 cm³/mol. The number of benzene rings is 1. The highest BCUT2D eigenvalue weighted by atomic mass is 32.2. The lowest BCUT2D eigenvalue weighted by Gasteiger charge is -2.29. The molecule has 1 fully saturated rings. The van der Waals surface area contributed by atoms with E-state index in [2.05, 4.69) is 17.2 Å². The number of hydrogen-bond donors (Lipinski definition) is 2. The van der Waals surface area contributed by atoms with Crippen molar-refractivity contribution in [3.63, 3.8) is 0 Å². The quantitative estimate of drug-likeness (QED) is 0.795. The Labute approximate surface area is 167 Å². The molecule has 152 valence electrons.